The summed E-state index contributed by atoms with van der Waals surface area (Å²) >= 11 is 2.34. The summed E-state index contributed by atoms with van der Waals surface area (Å²) < 4.78 is 6.59. The Morgan fingerprint density at radius 2 is 1.47 bits per heavy atom. The number of methoxy groups -OCH3 is 1. The molecule has 0 fully saturated rings. The van der Waals surface area contributed by atoms with E-state index in [9.17, 15) is 0 Å². The Balaban J connectivity index is 2.59. The first kappa shape index (κ1) is 10.5. The van der Waals surface area contributed by atoms with E-state index in [0.29, 0.717) is 0 Å². The molecule has 0 N–H and O–H groups in total. The zero-order valence-electron chi connectivity index (χ0n) is 8.41. The number of rotatable bonds is 2. The molecule has 76 valence electrons. The molecule has 0 unspecified atom stereocenters. The van der Waals surface area contributed by atoms with Gasteiger partial charge in [-0.3, -0.25) is 0 Å². The molecule has 0 radical (unpaired) electrons. The predicted octanol–water partition coefficient (Wildman–Crippen LogP) is 3.97. The third-order valence-electron chi connectivity index (χ3n) is 2.27. The first-order chi connectivity index (χ1) is 7.33. The van der Waals surface area contributed by atoms with Crippen LogP contribution in [0.5, 0.6) is 5.75 Å². The standard InChI is InChI=1S/C13H11IO/c1-15-13-9-5-3-7-11(13)10-6-2-4-8-12(10)14/h2-9H,1H3. The first-order valence-electron chi connectivity index (χ1n) is 4.71. The molecule has 0 spiro atoms. The third kappa shape index (κ3) is 2.15. The molecule has 2 aromatic carbocycles. The highest BCUT2D eigenvalue weighted by atomic mass is 127. The molecular formula is C13H11IO. The molecule has 0 heterocycles. The van der Waals surface area contributed by atoms with Crippen LogP contribution in [-0.4, -0.2) is 7.11 Å². The maximum atomic E-state index is 5.35. The topological polar surface area (TPSA) is 9.23 Å². The summed E-state index contributed by atoms with van der Waals surface area (Å²) in [5.41, 5.74) is 2.36. The van der Waals surface area contributed by atoms with Crippen LogP contribution >= 0.6 is 22.6 Å². The Labute approximate surface area is 103 Å². The predicted molar refractivity (Wildman–Crippen MR) is 71.1 cm³/mol. The second-order valence-electron chi connectivity index (χ2n) is 3.18. The summed E-state index contributed by atoms with van der Waals surface area (Å²) in [5.74, 6) is 0.918. The van der Waals surface area contributed by atoms with Crippen molar-refractivity contribution in [1.82, 2.24) is 0 Å². The van der Waals surface area contributed by atoms with E-state index in [1.54, 1.807) is 7.11 Å². The fourth-order valence-corrected chi connectivity index (χ4v) is 2.22. The van der Waals surface area contributed by atoms with Crippen LogP contribution < -0.4 is 4.74 Å². The van der Waals surface area contributed by atoms with Crippen LogP contribution in [0.1, 0.15) is 0 Å². The van der Waals surface area contributed by atoms with Gasteiger partial charge in [-0.1, -0.05) is 36.4 Å². The highest BCUT2D eigenvalue weighted by Crippen LogP contribution is 2.32. The Hall–Kier alpha value is -1.03. The monoisotopic (exact) mass is 310 g/mol. The van der Waals surface area contributed by atoms with Crippen LogP contribution in [0.2, 0.25) is 0 Å². The lowest BCUT2D eigenvalue weighted by Crippen LogP contribution is -1.88. The van der Waals surface area contributed by atoms with Crippen LogP contribution in [0.3, 0.4) is 0 Å². The highest BCUT2D eigenvalue weighted by molar-refractivity contribution is 14.1. The summed E-state index contributed by atoms with van der Waals surface area (Å²) in [5, 5.41) is 0. The normalized spacial score (nSPS) is 10.0. The van der Waals surface area contributed by atoms with Crippen LogP contribution in [0.15, 0.2) is 48.5 Å². The van der Waals surface area contributed by atoms with Crippen molar-refractivity contribution in [2.45, 2.75) is 0 Å². The molecule has 0 bridgehead atoms. The average Bonchev–Trinajstić information content (AvgIpc) is 2.30. The summed E-state index contributed by atoms with van der Waals surface area (Å²) in [6.45, 7) is 0. The molecule has 0 aliphatic rings. The van der Waals surface area contributed by atoms with Gasteiger partial charge in [0.05, 0.1) is 7.11 Å². The maximum absolute atomic E-state index is 5.35. The van der Waals surface area contributed by atoms with E-state index >= 15 is 0 Å². The molecule has 2 rings (SSSR count). The van der Waals surface area contributed by atoms with Crippen molar-refractivity contribution in [3.63, 3.8) is 0 Å². The van der Waals surface area contributed by atoms with Crippen molar-refractivity contribution < 1.29 is 4.74 Å². The fourth-order valence-electron chi connectivity index (χ4n) is 1.55. The van der Waals surface area contributed by atoms with Gasteiger partial charge in [0.25, 0.3) is 0 Å². The number of ether oxygens (including phenoxy) is 1. The van der Waals surface area contributed by atoms with E-state index < -0.39 is 0 Å². The van der Waals surface area contributed by atoms with E-state index in [1.807, 2.05) is 30.3 Å². The van der Waals surface area contributed by atoms with Crippen molar-refractivity contribution in [2.24, 2.45) is 0 Å². The first-order valence-corrected chi connectivity index (χ1v) is 5.78. The smallest absolute Gasteiger partial charge is 0.126 e. The van der Waals surface area contributed by atoms with Gasteiger partial charge in [-0.15, -0.1) is 0 Å². The van der Waals surface area contributed by atoms with Crippen molar-refractivity contribution >= 4 is 22.6 Å². The summed E-state index contributed by atoms with van der Waals surface area (Å²) in [6.07, 6.45) is 0. The molecule has 15 heavy (non-hydrogen) atoms. The molecule has 0 aliphatic carbocycles. The SMILES string of the molecule is COc1ccccc1-c1ccccc1I. The summed E-state index contributed by atoms with van der Waals surface area (Å²) in [4.78, 5) is 0. The summed E-state index contributed by atoms with van der Waals surface area (Å²) in [7, 11) is 1.70. The molecule has 0 aromatic heterocycles. The Bertz CT molecular complexity index is 466. The van der Waals surface area contributed by atoms with Gasteiger partial charge in [0.2, 0.25) is 0 Å². The second-order valence-corrected chi connectivity index (χ2v) is 4.34. The zero-order chi connectivity index (χ0) is 10.7. The molecule has 2 aromatic rings. The van der Waals surface area contributed by atoms with Crippen LogP contribution in [0.25, 0.3) is 11.1 Å². The van der Waals surface area contributed by atoms with Gasteiger partial charge in [0.1, 0.15) is 5.75 Å². The van der Waals surface area contributed by atoms with E-state index in [1.165, 1.54) is 9.13 Å². The largest absolute Gasteiger partial charge is 0.496 e. The molecule has 0 saturated carbocycles. The molecule has 0 saturated heterocycles. The molecular weight excluding hydrogens is 299 g/mol. The Kier molecular flexibility index (Phi) is 3.26. The quantitative estimate of drug-likeness (QED) is 0.763. The summed E-state index contributed by atoms with van der Waals surface area (Å²) in [6, 6.07) is 16.4. The molecule has 0 aliphatic heterocycles. The lowest BCUT2D eigenvalue weighted by atomic mass is 10.1. The number of para-hydroxylation sites is 1. The van der Waals surface area contributed by atoms with Gasteiger partial charge in [0, 0.05) is 9.13 Å². The van der Waals surface area contributed by atoms with Crippen LogP contribution in [-0.2, 0) is 0 Å². The minimum absolute atomic E-state index is 0.918. The molecule has 0 atom stereocenters. The third-order valence-corrected chi connectivity index (χ3v) is 3.21. The number of benzene rings is 2. The van der Waals surface area contributed by atoms with E-state index in [4.69, 9.17) is 4.74 Å². The Morgan fingerprint density at radius 1 is 0.867 bits per heavy atom. The lowest BCUT2D eigenvalue weighted by Gasteiger charge is -2.09. The van der Waals surface area contributed by atoms with Crippen LogP contribution in [0, 0.1) is 3.57 Å². The van der Waals surface area contributed by atoms with Crippen molar-refractivity contribution in [1.29, 1.82) is 0 Å². The van der Waals surface area contributed by atoms with Crippen molar-refractivity contribution in [2.75, 3.05) is 7.11 Å². The minimum Gasteiger partial charge on any atom is -0.496 e. The fraction of sp³-hybridized carbons (Fsp3) is 0.0769. The molecule has 1 nitrogen and oxygen atoms in total. The van der Waals surface area contributed by atoms with Gasteiger partial charge in [-0.2, -0.15) is 0 Å². The number of halogens is 1. The minimum atomic E-state index is 0.918. The van der Waals surface area contributed by atoms with Gasteiger partial charge >= 0.3 is 0 Å². The zero-order valence-corrected chi connectivity index (χ0v) is 10.6. The van der Waals surface area contributed by atoms with Crippen LogP contribution in [0.4, 0.5) is 0 Å². The van der Waals surface area contributed by atoms with Gasteiger partial charge in [-0.25, -0.2) is 0 Å². The van der Waals surface area contributed by atoms with E-state index in [2.05, 4.69) is 40.8 Å². The average molecular weight is 310 g/mol. The maximum Gasteiger partial charge on any atom is 0.126 e. The van der Waals surface area contributed by atoms with Gasteiger partial charge in [-0.05, 0) is 40.3 Å². The number of hydrogen-bond acceptors (Lipinski definition) is 1. The van der Waals surface area contributed by atoms with Crippen molar-refractivity contribution in [3.05, 3.63) is 52.1 Å². The van der Waals surface area contributed by atoms with Crippen molar-refractivity contribution in [3.8, 4) is 16.9 Å². The van der Waals surface area contributed by atoms with E-state index in [0.717, 1.165) is 11.3 Å². The second kappa shape index (κ2) is 4.66. The van der Waals surface area contributed by atoms with E-state index in [-0.39, 0.29) is 0 Å². The lowest BCUT2D eigenvalue weighted by molar-refractivity contribution is 0.416. The van der Waals surface area contributed by atoms with Gasteiger partial charge in [0.15, 0.2) is 0 Å². The Morgan fingerprint density at radius 3 is 2.13 bits per heavy atom. The van der Waals surface area contributed by atoms with Gasteiger partial charge < -0.3 is 4.74 Å². The number of hydrogen-bond donors (Lipinski definition) is 0. The molecule has 2 heteroatoms. The molecule has 0 amide bonds. The highest BCUT2D eigenvalue weighted by Gasteiger charge is 2.06.